The van der Waals surface area contributed by atoms with E-state index in [9.17, 15) is 9.59 Å². The number of aromatic nitrogens is 3. The molecule has 0 fully saturated rings. The predicted octanol–water partition coefficient (Wildman–Crippen LogP) is 0.952. The number of nitrogens with two attached hydrogens (primary N) is 2. The summed E-state index contributed by atoms with van der Waals surface area (Å²) in [6.07, 6.45) is 4.26. The van der Waals surface area contributed by atoms with E-state index in [1.54, 1.807) is 6.20 Å². The molecule has 0 aliphatic heterocycles. The number of carbonyl (C=O) groups is 2. The molecule has 2 aromatic rings. The number of pyridine rings is 1. The zero-order valence-corrected chi connectivity index (χ0v) is 14.1. The quantitative estimate of drug-likeness (QED) is 0.557. The van der Waals surface area contributed by atoms with Gasteiger partial charge in [0.05, 0.1) is 18.1 Å². The Hall–Kier alpha value is -3.23. The van der Waals surface area contributed by atoms with Crippen LogP contribution >= 0.6 is 0 Å². The fraction of sp³-hybridized carbons (Fsp3) is 0.312. The van der Waals surface area contributed by atoms with Crippen molar-refractivity contribution in [2.75, 3.05) is 10.6 Å². The van der Waals surface area contributed by atoms with E-state index in [0.717, 1.165) is 12.1 Å². The van der Waals surface area contributed by atoms with Crippen molar-refractivity contribution < 1.29 is 9.59 Å². The Balaban J connectivity index is 2.30. The third-order valence-corrected chi connectivity index (χ3v) is 3.53. The second-order valence-corrected chi connectivity index (χ2v) is 5.34. The highest BCUT2D eigenvalue weighted by molar-refractivity contribution is 5.96. The molecular formula is C16H21N7O2. The van der Waals surface area contributed by atoms with Gasteiger partial charge < -0.3 is 22.1 Å². The third kappa shape index (κ3) is 4.63. The fourth-order valence-corrected chi connectivity index (χ4v) is 2.12. The molecule has 2 rings (SSSR count). The monoisotopic (exact) mass is 343 g/mol. The molecule has 2 aromatic heterocycles. The van der Waals surface area contributed by atoms with Gasteiger partial charge in [-0.05, 0) is 25.0 Å². The van der Waals surface area contributed by atoms with Gasteiger partial charge in [0.1, 0.15) is 11.9 Å². The number of anilines is 3. The number of primary amides is 2. The molecule has 132 valence electrons. The van der Waals surface area contributed by atoms with Gasteiger partial charge in [-0.3, -0.25) is 14.6 Å². The van der Waals surface area contributed by atoms with Crippen molar-refractivity contribution >= 4 is 29.1 Å². The second-order valence-electron chi connectivity index (χ2n) is 5.34. The number of hydrogen-bond acceptors (Lipinski definition) is 7. The van der Waals surface area contributed by atoms with Crippen LogP contribution in [-0.4, -0.2) is 32.8 Å². The van der Waals surface area contributed by atoms with Gasteiger partial charge in [-0.15, -0.1) is 0 Å². The minimum Gasteiger partial charge on any atom is -0.368 e. The van der Waals surface area contributed by atoms with Crippen LogP contribution in [0.2, 0.25) is 0 Å². The average molecular weight is 343 g/mol. The summed E-state index contributed by atoms with van der Waals surface area (Å²) in [6, 6.07) is 3.09. The number of nitrogens with zero attached hydrogens (tertiary/aromatic N) is 3. The van der Waals surface area contributed by atoms with Gasteiger partial charge in [-0.25, -0.2) is 9.97 Å². The Kier molecular flexibility index (Phi) is 5.83. The summed E-state index contributed by atoms with van der Waals surface area (Å²) >= 11 is 0. The molecule has 0 spiro atoms. The summed E-state index contributed by atoms with van der Waals surface area (Å²) in [5, 5.41) is 5.86. The number of rotatable bonds is 8. The highest BCUT2D eigenvalue weighted by Crippen LogP contribution is 2.19. The van der Waals surface area contributed by atoms with Crippen LogP contribution in [0.25, 0.3) is 0 Å². The summed E-state index contributed by atoms with van der Waals surface area (Å²) in [6.45, 7) is 3.82. The van der Waals surface area contributed by atoms with Gasteiger partial charge in [0.25, 0.3) is 5.91 Å². The first kappa shape index (κ1) is 18.1. The van der Waals surface area contributed by atoms with Crippen LogP contribution in [0, 0.1) is 0 Å². The summed E-state index contributed by atoms with van der Waals surface area (Å²) in [4.78, 5) is 35.5. The molecule has 6 N–H and O–H groups in total. The van der Waals surface area contributed by atoms with Gasteiger partial charge in [0, 0.05) is 5.69 Å². The van der Waals surface area contributed by atoms with E-state index in [1.165, 1.54) is 6.20 Å². The van der Waals surface area contributed by atoms with Crippen molar-refractivity contribution in [3.05, 3.63) is 35.9 Å². The molecule has 0 bridgehead atoms. The second kappa shape index (κ2) is 8.04. The Bertz CT molecular complexity index is 762. The molecular weight excluding hydrogens is 322 g/mol. The van der Waals surface area contributed by atoms with E-state index in [4.69, 9.17) is 11.5 Å². The maximum Gasteiger partial charge on any atom is 0.271 e. The standard InChI is InChI=1S/C16H21N7O2/c1-3-9-5-6-10(7-19-9)21-16-13(15(18)25)20-8-12(23-16)22-11(4-2)14(17)24/h5-8,11H,3-4H2,1-2H3,(H2,17,24)(H2,18,25)(H2,21,22,23). The predicted molar refractivity (Wildman–Crippen MR) is 94.3 cm³/mol. The minimum absolute atomic E-state index is 0.0164. The molecule has 1 unspecified atom stereocenters. The molecule has 25 heavy (non-hydrogen) atoms. The van der Waals surface area contributed by atoms with Crippen molar-refractivity contribution in [1.82, 2.24) is 15.0 Å². The molecule has 0 radical (unpaired) electrons. The molecule has 0 aliphatic carbocycles. The first-order chi connectivity index (χ1) is 11.9. The van der Waals surface area contributed by atoms with Crippen LogP contribution < -0.4 is 22.1 Å². The molecule has 9 heteroatoms. The summed E-state index contributed by atoms with van der Waals surface area (Å²) < 4.78 is 0. The van der Waals surface area contributed by atoms with Crippen molar-refractivity contribution in [2.24, 2.45) is 11.5 Å². The maximum absolute atomic E-state index is 11.6. The van der Waals surface area contributed by atoms with Gasteiger partial charge in [0.2, 0.25) is 5.91 Å². The van der Waals surface area contributed by atoms with Crippen LogP contribution in [0.15, 0.2) is 24.5 Å². The van der Waals surface area contributed by atoms with Crippen molar-refractivity contribution in [3.8, 4) is 0 Å². The lowest BCUT2D eigenvalue weighted by molar-refractivity contribution is -0.118. The molecule has 0 saturated carbocycles. The van der Waals surface area contributed by atoms with E-state index in [-0.39, 0.29) is 11.5 Å². The minimum atomic E-state index is -0.721. The van der Waals surface area contributed by atoms with Crippen molar-refractivity contribution in [3.63, 3.8) is 0 Å². The Labute approximate surface area is 145 Å². The molecule has 2 amide bonds. The smallest absolute Gasteiger partial charge is 0.271 e. The van der Waals surface area contributed by atoms with Gasteiger partial charge in [0.15, 0.2) is 11.5 Å². The number of carbonyl (C=O) groups excluding carboxylic acids is 2. The van der Waals surface area contributed by atoms with E-state index < -0.39 is 17.9 Å². The number of aryl methyl sites for hydroxylation is 1. The van der Waals surface area contributed by atoms with Crippen LogP contribution in [0.5, 0.6) is 0 Å². The first-order valence-corrected chi connectivity index (χ1v) is 7.89. The van der Waals surface area contributed by atoms with E-state index in [1.807, 2.05) is 26.0 Å². The Morgan fingerprint density at radius 3 is 2.44 bits per heavy atom. The summed E-state index contributed by atoms with van der Waals surface area (Å²) in [5.41, 5.74) is 12.2. The van der Waals surface area contributed by atoms with Gasteiger partial charge >= 0.3 is 0 Å². The fourth-order valence-electron chi connectivity index (χ4n) is 2.12. The number of nitrogens with one attached hydrogen (secondary N) is 2. The number of hydrogen-bond donors (Lipinski definition) is 4. The molecule has 0 saturated heterocycles. The SMILES string of the molecule is CCc1ccc(Nc2nc(NC(CC)C(N)=O)cnc2C(N)=O)cn1. The van der Waals surface area contributed by atoms with Crippen molar-refractivity contribution in [1.29, 1.82) is 0 Å². The van der Waals surface area contributed by atoms with Crippen molar-refractivity contribution in [2.45, 2.75) is 32.7 Å². The molecule has 0 aromatic carbocycles. The summed E-state index contributed by atoms with van der Waals surface area (Å²) in [7, 11) is 0. The van der Waals surface area contributed by atoms with E-state index in [0.29, 0.717) is 17.9 Å². The Morgan fingerprint density at radius 2 is 1.92 bits per heavy atom. The van der Waals surface area contributed by atoms with Gasteiger partial charge in [-0.1, -0.05) is 13.8 Å². The lowest BCUT2D eigenvalue weighted by Crippen LogP contribution is -2.35. The molecule has 9 nitrogen and oxygen atoms in total. The third-order valence-electron chi connectivity index (χ3n) is 3.53. The largest absolute Gasteiger partial charge is 0.368 e. The zero-order valence-electron chi connectivity index (χ0n) is 14.1. The topological polar surface area (TPSA) is 149 Å². The highest BCUT2D eigenvalue weighted by Gasteiger charge is 2.17. The highest BCUT2D eigenvalue weighted by atomic mass is 16.1. The number of amides is 2. The average Bonchev–Trinajstić information content (AvgIpc) is 2.60. The van der Waals surface area contributed by atoms with Crippen LogP contribution in [0.1, 0.15) is 36.5 Å². The van der Waals surface area contributed by atoms with Crippen LogP contribution in [0.3, 0.4) is 0 Å². The maximum atomic E-state index is 11.6. The van der Waals surface area contributed by atoms with E-state index in [2.05, 4.69) is 25.6 Å². The zero-order chi connectivity index (χ0) is 18.4. The van der Waals surface area contributed by atoms with Crippen LogP contribution in [-0.2, 0) is 11.2 Å². The molecule has 2 heterocycles. The van der Waals surface area contributed by atoms with Crippen LogP contribution in [0.4, 0.5) is 17.3 Å². The Morgan fingerprint density at radius 1 is 1.16 bits per heavy atom. The van der Waals surface area contributed by atoms with Gasteiger partial charge in [-0.2, -0.15) is 0 Å². The first-order valence-electron chi connectivity index (χ1n) is 7.89. The lowest BCUT2D eigenvalue weighted by atomic mass is 10.2. The summed E-state index contributed by atoms with van der Waals surface area (Å²) in [5.74, 6) is -0.752. The molecule has 0 aliphatic rings. The van der Waals surface area contributed by atoms with E-state index >= 15 is 0 Å². The molecule has 1 atom stereocenters. The lowest BCUT2D eigenvalue weighted by Gasteiger charge is -2.15. The normalized spacial score (nSPS) is 11.6.